The van der Waals surface area contributed by atoms with E-state index >= 15 is 0 Å². The second-order valence-electron chi connectivity index (χ2n) is 5.17. The Morgan fingerprint density at radius 3 is 2.38 bits per heavy atom. The summed E-state index contributed by atoms with van der Waals surface area (Å²) in [6, 6.07) is 13.5. The summed E-state index contributed by atoms with van der Waals surface area (Å²) >= 11 is 5.92. The van der Waals surface area contributed by atoms with Crippen molar-refractivity contribution in [1.82, 2.24) is 0 Å². The van der Waals surface area contributed by atoms with E-state index in [0.717, 1.165) is 16.3 Å². The summed E-state index contributed by atoms with van der Waals surface area (Å²) in [5.74, 6) is -0.0260. The average molecular weight is 303 g/mol. The van der Waals surface area contributed by atoms with E-state index in [1.165, 1.54) is 6.92 Å². The van der Waals surface area contributed by atoms with Crippen molar-refractivity contribution in [3.63, 3.8) is 0 Å². The van der Waals surface area contributed by atoms with Gasteiger partial charge in [0.2, 0.25) is 0 Å². The first kappa shape index (κ1) is 15.4. The third-order valence-electron chi connectivity index (χ3n) is 3.76. The second-order valence-corrected chi connectivity index (χ2v) is 5.60. The van der Waals surface area contributed by atoms with Crippen LogP contribution in [0.3, 0.4) is 0 Å². The lowest BCUT2D eigenvalue weighted by Gasteiger charge is -2.28. The Bertz CT molecular complexity index is 652. The number of carbonyl (C=O) groups is 1. The van der Waals surface area contributed by atoms with E-state index in [0.29, 0.717) is 11.3 Å². The molecule has 2 N–H and O–H groups in total. The molecule has 1 atom stereocenters. The molecule has 0 aliphatic heterocycles. The van der Waals surface area contributed by atoms with Gasteiger partial charge in [0, 0.05) is 29.0 Å². The zero-order valence-corrected chi connectivity index (χ0v) is 13.2. The SMILES string of the molecule is CC(=O)c1cc(N(C)C(C)c2ccc(Cl)cc2)ccc1N. The molecule has 0 fully saturated rings. The van der Waals surface area contributed by atoms with Crippen molar-refractivity contribution in [2.45, 2.75) is 19.9 Å². The van der Waals surface area contributed by atoms with E-state index in [4.69, 9.17) is 17.3 Å². The fourth-order valence-corrected chi connectivity index (χ4v) is 2.38. The van der Waals surface area contributed by atoms with Crippen molar-refractivity contribution in [1.29, 1.82) is 0 Å². The van der Waals surface area contributed by atoms with Crippen LogP contribution < -0.4 is 10.6 Å². The summed E-state index contributed by atoms with van der Waals surface area (Å²) in [4.78, 5) is 13.7. The van der Waals surface area contributed by atoms with Gasteiger partial charge in [-0.05, 0) is 49.7 Å². The fraction of sp³-hybridized carbons (Fsp3) is 0.235. The average Bonchev–Trinajstić information content (AvgIpc) is 2.46. The van der Waals surface area contributed by atoms with Gasteiger partial charge >= 0.3 is 0 Å². The number of halogens is 1. The number of hydrogen-bond acceptors (Lipinski definition) is 3. The molecule has 0 saturated carbocycles. The van der Waals surface area contributed by atoms with Crippen LogP contribution in [0.2, 0.25) is 5.02 Å². The van der Waals surface area contributed by atoms with Gasteiger partial charge in [0.15, 0.2) is 5.78 Å². The summed E-state index contributed by atoms with van der Waals surface area (Å²) in [6.07, 6.45) is 0. The molecule has 0 amide bonds. The molecule has 2 rings (SSSR count). The molecule has 21 heavy (non-hydrogen) atoms. The van der Waals surface area contributed by atoms with Gasteiger partial charge in [0.25, 0.3) is 0 Å². The Morgan fingerprint density at radius 2 is 1.81 bits per heavy atom. The maximum Gasteiger partial charge on any atom is 0.161 e. The quantitative estimate of drug-likeness (QED) is 0.675. The molecule has 4 heteroatoms. The Hall–Kier alpha value is -2.00. The van der Waals surface area contributed by atoms with E-state index in [9.17, 15) is 4.79 Å². The van der Waals surface area contributed by atoms with Gasteiger partial charge in [-0.1, -0.05) is 23.7 Å². The number of carbonyl (C=O) groups excluding carboxylic acids is 1. The Morgan fingerprint density at radius 1 is 1.19 bits per heavy atom. The summed E-state index contributed by atoms with van der Waals surface area (Å²) in [6.45, 7) is 3.63. The number of nitrogens with zero attached hydrogens (tertiary/aromatic N) is 1. The van der Waals surface area contributed by atoms with Gasteiger partial charge in [0.05, 0.1) is 6.04 Å². The van der Waals surface area contributed by atoms with E-state index in [-0.39, 0.29) is 11.8 Å². The highest BCUT2D eigenvalue weighted by Crippen LogP contribution is 2.28. The number of nitrogen functional groups attached to an aromatic ring is 1. The van der Waals surface area contributed by atoms with E-state index in [1.54, 1.807) is 6.07 Å². The van der Waals surface area contributed by atoms with Crippen LogP contribution >= 0.6 is 11.6 Å². The van der Waals surface area contributed by atoms with Gasteiger partial charge in [-0.15, -0.1) is 0 Å². The minimum atomic E-state index is -0.0260. The van der Waals surface area contributed by atoms with Crippen molar-refractivity contribution < 1.29 is 4.79 Å². The molecule has 0 bridgehead atoms. The van der Waals surface area contributed by atoms with Crippen molar-refractivity contribution in [2.75, 3.05) is 17.7 Å². The molecule has 0 heterocycles. The monoisotopic (exact) mass is 302 g/mol. The maximum absolute atomic E-state index is 11.6. The van der Waals surface area contributed by atoms with Crippen LogP contribution in [0.15, 0.2) is 42.5 Å². The summed E-state index contributed by atoms with van der Waals surface area (Å²) in [5, 5.41) is 0.722. The van der Waals surface area contributed by atoms with Crippen molar-refractivity contribution in [2.24, 2.45) is 0 Å². The Kier molecular flexibility index (Phi) is 4.53. The third-order valence-corrected chi connectivity index (χ3v) is 4.01. The number of nitrogens with two attached hydrogens (primary N) is 1. The van der Waals surface area contributed by atoms with Gasteiger partial charge in [-0.3, -0.25) is 4.79 Å². The zero-order chi connectivity index (χ0) is 15.6. The minimum absolute atomic E-state index is 0.0260. The van der Waals surface area contributed by atoms with Crippen LogP contribution in [0.25, 0.3) is 0 Å². The molecule has 0 aliphatic rings. The normalized spacial score (nSPS) is 12.0. The number of benzene rings is 2. The molecule has 2 aromatic rings. The van der Waals surface area contributed by atoms with Gasteiger partial charge in [-0.25, -0.2) is 0 Å². The number of rotatable bonds is 4. The summed E-state index contributed by atoms with van der Waals surface area (Å²) < 4.78 is 0. The van der Waals surface area contributed by atoms with Crippen LogP contribution in [-0.4, -0.2) is 12.8 Å². The molecule has 2 aromatic carbocycles. The van der Waals surface area contributed by atoms with Crippen LogP contribution in [0.5, 0.6) is 0 Å². The van der Waals surface area contributed by atoms with Crippen molar-refractivity contribution >= 4 is 28.8 Å². The first-order valence-corrected chi connectivity index (χ1v) is 7.16. The number of anilines is 2. The van der Waals surface area contributed by atoms with Gasteiger partial charge < -0.3 is 10.6 Å². The van der Waals surface area contributed by atoms with Crippen molar-refractivity contribution in [3.05, 3.63) is 58.6 Å². The standard InChI is InChI=1S/C17H19ClN2O/c1-11(13-4-6-14(18)7-5-13)20(3)15-8-9-17(19)16(10-15)12(2)21/h4-11H,19H2,1-3H3. The first-order valence-electron chi connectivity index (χ1n) is 6.79. The Balaban J connectivity index is 2.31. The van der Waals surface area contributed by atoms with Gasteiger partial charge in [0.1, 0.15) is 0 Å². The molecule has 0 aliphatic carbocycles. The molecule has 0 spiro atoms. The predicted molar refractivity (Wildman–Crippen MR) is 89.1 cm³/mol. The van der Waals surface area contributed by atoms with Crippen LogP contribution in [0.4, 0.5) is 11.4 Å². The minimum Gasteiger partial charge on any atom is -0.398 e. The van der Waals surface area contributed by atoms with Gasteiger partial charge in [-0.2, -0.15) is 0 Å². The predicted octanol–water partition coefficient (Wildman–Crippen LogP) is 4.32. The first-order chi connectivity index (χ1) is 9.90. The highest BCUT2D eigenvalue weighted by atomic mass is 35.5. The molecule has 110 valence electrons. The van der Waals surface area contributed by atoms with Crippen LogP contribution in [-0.2, 0) is 0 Å². The lowest BCUT2D eigenvalue weighted by Crippen LogP contribution is -2.22. The topological polar surface area (TPSA) is 46.3 Å². The molecular weight excluding hydrogens is 284 g/mol. The lowest BCUT2D eigenvalue weighted by atomic mass is 10.0. The molecule has 0 aromatic heterocycles. The number of ketones is 1. The smallest absolute Gasteiger partial charge is 0.161 e. The van der Waals surface area contributed by atoms with Crippen LogP contribution in [0.1, 0.15) is 35.8 Å². The van der Waals surface area contributed by atoms with E-state index in [1.807, 2.05) is 43.4 Å². The lowest BCUT2D eigenvalue weighted by molar-refractivity contribution is 0.101. The number of Topliss-reactive ketones (excluding diaryl/α,β-unsaturated/α-hetero) is 1. The van der Waals surface area contributed by atoms with E-state index in [2.05, 4.69) is 11.8 Å². The molecular formula is C17H19ClN2O. The maximum atomic E-state index is 11.6. The highest BCUT2D eigenvalue weighted by Gasteiger charge is 2.14. The molecule has 3 nitrogen and oxygen atoms in total. The second kappa shape index (κ2) is 6.19. The number of hydrogen-bond donors (Lipinski definition) is 1. The largest absolute Gasteiger partial charge is 0.398 e. The Labute approximate surface area is 130 Å². The highest BCUT2D eigenvalue weighted by molar-refractivity contribution is 6.30. The fourth-order valence-electron chi connectivity index (χ4n) is 2.26. The third kappa shape index (κ3) is 3.37. The molecule has 0 saturated heterocycles. The van der Waals surface area contributed by atoms with Crippen molar-refractivity contribution in [3.8, 4) is 0 Å². The molecule has 0 radical (unpaired) electrons. The summed E-state index contributed by atoms with van der Waals surface area (Å²) in [7, 11) is 1.99. The van der Waals surface area contributed by atoms with Crippen LogP contribution in [0, 0.1) is 0 Å². The van der Waals surface area contributed by atoms with E-state index < -0.39 is 0 Å². The molecule has 1 unspecified atom stereocenters. The zero-order valence-electron chi connectivity index (χ0n) is 12.4. The summed E-state index contributed by atoms with van der Waals surface area (Å²) in [5.41, 5.74) is 9.02.